The van der Waals surface area contributed by atoms with Gasteiger partial charge in [-0.05, 0) is 54.3 Å². The highest BCUT2D eigenvalue weighted by atomic mass is 35.5. The second-order valence-electron chi connectivity index (χ2n) is 11.9. The first-order chi connectivity index (χ1) is 21.9. The van der Waals surface area contributed by atoms with Crippen LogP contribution in [0.3, 0.4) is 0 Å². The van der Waals surface area contributed by atoms with Crippen molar-refractivity contribution in [3.8, 4) is 22.4 Å². The van der Waals surface area contributed by atoms with Gasteiger partial charge in [0.1, 0.15) is 0 Å². The molecule has 10 heteroatoms. The van der Waals surface area contributed by atoms with Crippen molar-refractivity contribution in [3.05, 3.63) is 99.2 Å². The number of nitrogens with zero attached hydrogens (tertiary/aromatic N) is 4. The Bertz CT molecular complexity index is 1640. The summed E-state index contributed by atoms with van der Waals surface area (Å²) in [5, 5.41) is 10.00. The predicted octanol–water partition coefficient (Wildman–Crippen LogP) is 6.36. The summed E-state index contributed by atoms with van der Waals surface area (Å²) in [5.41, 5.74) is 13.9. The van der Waals surface area contributed by atoms with E-state index in [-0.39, 0.29) is 0 Å². The van der Waals surface area contributed by atoms with Crippen LogP contribution >= 0.6 is 23.2 Å². The van der Waals surface area contributed by atoms with E-state index in [2.05, 4.69) is 46.1 Å². The number of amides is 2. The zero-order valence-corrected chi connectivity index (χ0v) is 27.2. The van der Waals surface area contributed by atoms with Crippen molar-refractivity contribution in [2.24, 2.45) is 5.73 Å². The highest BCUT2D eigenvalue weighted by molar-refractivity contribution is 6.33. The van der Waals surface area contributed by atoms with Crippen LogP contribution in [0.4, 0.5) is 4.79 Å². The number of halogens is 2. The lowest BCUT2D eigenvalue weighted by molar-refractivity contribution is -0.00122. The Morgan fingerprint density at radius 3 is 2.60 bits per heavy atom. The second-order valence-corrected chi connectivity index (χ2v) is 12.7. The molecule has 2 aliphatic heterocycles. The molecule has 3 N–H and O–H groups in total. The number of nitrogens with one attached hydrogen (secondary N) is 1. The fourth-order valence-electron chi connectivity index (χ4n) is 6.32. The minimum Gasteiger partial charge on any atom is -0.379 e. The van der Waals surface area contributed by atoms with Crippen molar-refractivity contribution in [2.45, 2.75) is 52.0 Å². The fraction of sp³-hybridized carbons (Fsp3) is 0.371. The van der Waals surface area contributed by atoms with Gasteiger partial charge in [0.15, 0.2) is 0 Å². The van der Waals surface area contributed by atoms with Crippen LogP contribution in [0, 0.1) is 0 Å². The fourth-order valence-corrected chi connectivity index (χ4v) is 6.73. The summed E-state index contributed by atoms with van der Waals surface area (Å²) in [5.74, 6) is 0. The molecule has 2 amide bonds. The molecular weight excluding hydrogens is 607 g/mol. The van der Waals surface area contributed by atoms with Gasteiger partial charge in [0, 0.05) is 84.2 Å². The molecule has 0 spiro atoms. The van der Waals surface area contributed by atoms with Crippen LogP contribution < -0.4 is 11.1 Å². The lowest BCUT2D eigenvalue weighted by Crippen LogP contribution is -2.44. The van der Waals surface area contributed by atoms with Gasteiger partial charge in [-0.3, -0.25) is 9.58 Å². The number of rotatable bonds is 10. The van der Waals surface area contributed by atoms with Crippen molar-refractivity contribution in [1.82, 2.24) is 24.9 Å². The van der Waals surface area contributed by atoms with Crippen molar-refractivity contribution < 1.29 is 9.53 Å². The Kier molecular flexibility index (Phi) is 10.1. The molecule has 0 aliphatic carbocycles. The van der Waals surface area contributed by atoms with E-state index in [1.807, 2.05) is 42.5 Å². The van der Waals surface area contributed by atoms with Crippen LogP contribution in [-0.4, -0.2) is 64.5 Å². The molecule has 1 unspecified atom stereocenters. The van der Waals surface area contributed by atoms with E-state index in [1.54, 1.807) is 4.90 Å². The van der Waals surface area contributed by atoms with Crippen molar-refractivity contribution >= 4 is 29.2 Å². The molecule has 3 heterocycles. The summed E-state index contributed by atoms with van der Waals surface area (Å²) in [6.45, 7) is 8.95. The normalized spacial score (nSPS) is 17.0. The maximum Gasteiger partial charge on any atom is 0.315 e. The molecule has 0 bridgehead atoms. The first-order valence-corrected chi connectivity index (χ1v) is 16.4. The van der Waals surface area contributed by atoms with Crippen LogP contribution in [-0.2, 0) is 37.3 Å². The number of carbonyl (C=O) groups excluding carboxylic acids is 1. The van der Waals surface area contributed by atoms with Gasteiger partial charge in [-0.15, -0.1) is 0 Å². The van der Waals surface area contributed by atoms with Crippen LogP contribution in [0.5, 0.6) is 0 Å². The van der Waals surface area contributed by atoms with Crippen molar-refractivity contribution in [2.75, 3.05) is 32.8 Å². The molecule has 1 aromatic heterocycles. The van der Waals surface area contributed by atoms with Gasteiger partial charge >= 0.3 is 6.03 Å². The Morgan fingerprint density at radius 1 is 1.00 bits per heavy atom. The predicted molar refractivity (Wildman–Crippen MR) is 180 cm³/mol. The zero-order chi connectivity index (χ0) is 31.3. The summed E-state index contributed by atoms with van der Waals surface area (Å²) in [6, 6.07) is 22.4. The number of morpholine rings is 1. The summed E-state index contributed by atoms with van der Waals surface area (Å²) >= 11 is 13.4. The molecular formula is C35H40Cl2N6O2. The number of hydrogen-bond acceptors (Lipinski definition) is 5. The maximum absolute atomic E-state index is 12.2. The molecule has 8 nitrogen and oxygen atoms in total. The molecule has 2 aliphatic rings. The van der Waals surface area contributed by atoms with E-state index < -0.39 is 6.03 Å². The number of aromatic nitrogens is 2. The van der Waals surface area contributed by atoms with E-state index >= 15 is 0 Å². The minimum absolute atomic E-state index is 0.410. The third kappa shape index (κ3) is 7.37. The Labute approximate surface area is 275 Å². The number of carbonyl (C=O) groups is 1. The smallest absolute Gasteiger partial charge is 0.315 e. The SMILES string of the molecule is CC1COCCN1CCCn1nc(-c2ccc(Cl)c(-c3ccc(Cl)c(CNCc4ccccc4)c3)c2)c2c1CCN(C(N)=O)C2. The van der Waals surface area contributed by atoms with Crippen molar-refractivity contribution in [1.29, 1.82) is 0 Å². The number of nitrogens with two attached hydrogens (primary N) is 1. The average Bonchev–Trinajstić information content (AvgIpc) is 3.41. The third-order valence-corrected chi connectivity index (χ3v) is 9.55. The standard InChI is InChI=1S/C35H40Cl2N6O2/c1-24-23-45-17-16-41(24)13-5-14-43-33-12-15-42(35(38)44)22-30(33)34(40-43)27-9-11-32(37)29(19-27)26-8-10-31(36)28(18-26)21-39-20-25-6-3-2-4-7-25/h2-4,6-11,18-19,24,39H,5,12-17,20-23H2,1H3,(H2,38,44). The zero-order valence-electron chi connectivity index (χ0n) is 25.6. The van der Waals surface area contributed by atoms with E-state index in [1.165, 1.54) is 11.3 Å². The summed E-state index contributed by atoms with van der Waals surface area (Å²) in [7, 11) is 0. The number of primary amides is 1. The van der Waals surface area contributed by atoms with Gasteiger partial charge in [0.2, 0.25) is 0 Å². The summed E-state index contributed by atoms with van der Waals surface area (Å²) in [6.07, 6.45) is 1.70. The van der Waals surface area contributed by atoms with Crippen LogP contribution in [0.15, 0.2) is 66.7 Å². The van der Waals surface area contributed by atoms with Crippen LogP contribution in [0.1, 0.15) is 35.7 Å². The molecule has 3 aromatic carbocycles. The van der Waals surface area contributed by atoms with E-state index in [0.717, 1.165) is 85.7 Å². The second kappa shape index (κ2) is 14.4. The Hall–Kier alpha value is -3.40. The Balaban J connectivity index is 1.26. The Morgan fingerprint density at radius 2 is 1.80 bits per heavy atom. The topological polar surface area (TPSA) is 88.7 Å². The van der Waals surface area contributed by atoms with Crippen LogP contribution in [0.25, 0.3) is 22.4 Å². The van der Waals surface area contributed by atoms with Gasteiger partial charge in [0.05, 0.1) is 25.5 Å². The van der Waals surface area contributed by atoms with Crippen molar-refractivity contribution in [3.63, 3.8) is 0 Å². The number of aryl methyl sites for hydroxylation is 1. The van der Waals surface area contributed by atoms with Crippen LogP contribution in [0.2, 0.25) is 10.0 Å². The maximum atomic E-state index is 12.2. The number of ether oxygens (including phenoxy) is 1. The monoisotopic (exact) mass is 646 g/mol. The average molecular weight is 648 g/mol. The first-order valence-electron chi connectivity index (χ1n) is 15.7. The van der Waals surface area contributed by atoms with Gasteiger partial charge < -0.3 is 20.7 Å². The quantitative estimate of drug-likeness (QED) is 0.209. The highest BCUT2D eigenvalue weighted by Gasteiger charge is 2.28. The number of hydrogen-bond donors (Lipinski definition) is 2. The molecule has 1 saturated heterocycles. The largest absolute Gasteiger partial charge is 0.379 e. The molecule has 4 aromatic rings. The molecule has 1 atom stereocenters. The van der Waals surface area contributed by atoms with E-state index in [4.69, 9.17) is 38.8 Å². The molecule has 6 rings (SSSR count). The summed E-state index contributed by atoms with van der Waals surface area (Å²) < 4.78 is 7.75. The van der Waals surface area contributed by atoms with Gasteiger partial charge in [-0.25, -0.2) is 4.79 Å². The van der Waals surface area contributed by atoms with E-state index in [0.29, 0.717) is 35.7 Å². The molecule has 0 saturated carbocycles. The third-order valence-electron chi connectivity index (χ3n) is 8.85. The highest BCUT2D eigenvalue weighted by Crippen LogP contribution is 2.37. The number of fused-ring (bicyclic) bond motifs is 1. The minimum atomic E-state index is -0.410. The molecule has 1 fully saturated rings. The molecule has 0 radical (unpaired) electrons. The molecule has 236 valence electrons. The first kappa shape index (κ1) is 31.6. The summed E-state index contributed by atoms with van der Waals surface area (Å²) in [4.78, 5) is 16.3. The van der Waals surface area contributed by atoms with Gasteiger partial charge in [0.25, 0.3) is 0 Å². The molecule has 45 heavy (non-hydrogen) atoms. The lowest BCUT2D eigenvalue weighted by atomic mass is 9.96. The number of benzene rings is 3. The van der Waals surface area contributed by atoms with Gasteiger partial charge in [-0.2, -0.15) is 5.10 Å². The van der Waals surface area contributed by atoms with Gasteiger partial charge in [-0.1, -0.05) is 65.7 Å². The number of urea groups is 1. The van der Waals surface area contributed by atoms with E-state index in [9.17, 15) is 4.79 Å². The lowest BCUT2D eigenvalue weighted by Gasteiger charge is -2.33.